The predicted molar refractivity (Wildman–Crippen MR) is 110 cm³/mol. The van der Waals surface area contributed by atoms with E-state index in [-0.39, 0.29) is 0 Å². The number of likely N-dealkylation sites (tertiary alicyclic amines) is 1. The zero-order valence-electron chi connectivity index (χ0n) is 15.1. The zero-order valence-corrected chi connectivity index (χ0v) is 16.7. The van der Waals surface area contributed by atoms with Gasteiger partial charge in [0.05, 0.1) is 29.0 Å². The van der Waals surface area contributed by atoms with Gasteiger partial charge >= 0.3 is 0 Å². The third-order valence-electron chi connectivity index (χ3n) is 5.31. The summed E-state index contributed by atoms with van der Waals surface area (Å²) in [5, 5.41) is 7.84. The number of hydrogen-bond donors (Lipinski definition) is 1. The van der Waals surface area contributed by atoms with E-state index in [4.69, 9.17) is 4.98 Å². The van der Waals surface area contributed by atoms with Gasteiger partial charge in [0.25, 0.3) is 0 Å². The Balaban J connectivity index is 1.35. The van der Waals surface area contributed by atoms with Crippen LogP contribution in [0.3, 0.4) is 0 Å². The Kier molecular flexibility index (Phi) is 4.20. The van der Waals surface area contributed by atoms with Gasteiger partial charge < -0.3 is 15.1 Å². The molecule has 0 atom stereocenters. The summed E-state index contributed by atoms with van der Waals surface area (Å²) in [5.41, 5.74) is 1.91. The number of amidine groups is 1. The van der Waals surface area contributed by atoms with Crippen molar-refractivity contribution in [1.29, 1.82) is 0 Å². The minimum Gasteiger partial charge on any atom is -0.321 e. The Morgan fingerprint density at radius 1 is 1.19 bits per heavy atom. The number of piperidine rings is 1. The lowest BCUT2D eigenvalue weighted by atomic mass is 10.1. The fraction of sp³-hybridized carbons (Fsp3) is 0.444. The third-order valence-corrected chi connectivity index (χ3v) is 5.89. The van der Waals surface area contributed by atoms with E-state index in [0.29, 0.717) is 12.0 Å². The first-order valence-electron chi connectivity index (χ1n) is 9.24. The first kappa shape index (κ1) is 16.9. The molecule has 1 saturated heterocycles. The van der Waals surface area contributed by atoms with E-state index < -0.39 is 0 Å². The van der Waals surface area contributed by atoms with Gasteiger partial charge in [-0.3, -0.25) is 9.67 Å². The van der Waals surface area contributed by atoms with Crippen molar-refractivity contribution in [3.05, 3.63) is 28.6 Å². The van der Waals surface area contributed by atoms with Gasteiger partial charge in [0, 0.05) is 24.5 Å². The molecule has 1 N–H and O–H groups in total. The van der Waals surface area contributed by atoms with Crippen molar-refractivity contribution < 1.29 is 0 Å². The van der Waals surface area contributed by atoms with E-state index in [9.17, 15) is 0 Å². The average molecular weight is 429 g/mol. The summed E-state index contributed by atoms with van der Waals surface area (Å²) in [6, 6.07) is 0.465. The number of halogens is 1. The summed E-state index contributed by atoms with van der Waals surface area (Å²) >= 11 is 3.59. The molecular weight excluding hydrogens is 408 g/mol. The second-order valence-corrected chi connectivity index (χ2v) is 8.04. The number of aliphatic imine (C=N–C) groups is 1. The largest absolute Gasteiger partial charge is 0.321 e. The number of nitrogens with zero attached hydrogens (tertiary/aromatic N) is 7. The Morgan fingerprint density at radius 2 is 2.04 bits per heavy atom. The van der Waals surface area contributed by atoms with E-state index in [1.807, 2.05) is 18.5 Å². The Labute approximate surface area is 166 Å². The van der Waals surface area contributed by atoms with Crippen LogP contribution in [-0.2, 0) is 0 Å². The number of anilines is 3. The van der Waals surface area contributed by atoms with Gasteiger partial charge in [0.1, 0.15) is 11.7 Å². The molecule has 3 aliphatic heterocycles. The quantitative estimate of drug-likeness (QED) is 0.809. The zero-order chi connectivity index (χ0) is 18.4. The van der Waals surface area contributed by atoms with Crippen molar-refractivity contribution in [2.45, 2.75) is 18.9 Å². The van der Waals surface area contributed by atoms with Gasteiger partial charge in [-0.1, -0.05) is 0 Å². The molecule has 0 amide bonds. The molecule has 140 valence electrons. The maximum Gasteiger partial charge on any atom is 0.229 e. The average Bonchev–Trinajstić information content (AvgIpc) is 3.33. The van der Waals surface area contributed by atoms with Gasteiger partial charge in [0.2, 0.25) is 5.95 Å². The molecule has 8 nitrogen and oxygen atoms in total. The van der Waals surface area contributed by atoms with Crippen molar-refractivity contribution in [3.63, 3.8) is 0 Å². The normalized spacial score (nSPS) is 20.1. The molecule has 0 bridgehead atoms. The molecule has 2 aromatic rings. The summed E-state index contributed by atoms with van der Waals surface area (Å²) in [5.74, 6) is 2.42. The number of fused-ring (bicyclic) bond motifs is 3. The van der Waals surface area contributed by atoms with Gasteiger partial charge in [-0.25, -0.2) is 4.98 Å². The summed E-state index contributed by atoms with van der Waals surface area (Å²) in [6.45, 7) is 3.86. The molecule has 5 rings (SSSR count). The Bertz CT molecular complexity index is 925. The third kappa shape index (κ3) is 3.14. The molecule has 0 spiro atoms. The van der Waals surface area contributed by atoms with Crippen LogP contribution in [0.2, 0.25) is 0 Å². The van der Waals surface area contributed by atoms with Crippen molar-refractivity contribution in [2.75, 3.05) is 43.4 Å². The second kappa shape index (κ2) is 6.72. The maximum atomic E-state index is 4.73. The van der Waals surface area contributed by atoms with Crippen LogP contribution in [0.4, 0.5) is 17.5 Å². The van der Waals surface area contributed by atoms with Crippen LogP contribution in [0.1, 0.15) is 24.4 Å². The van der Waals surface area contributed by atoms with Crippen LogP contribution >= 0.6 is 15.9 Å². The van der Waals surface area contributed by atoms with Crippen molar-refractivity contribution >= 4 is 45.3 Å². The molecule has 9 heteroatoms. The highest BCUT2D eigenvalue weighted by Gasteiger charge is 2.28. The lowest BCUT2D eigenvalue weighted by molar-refractivity contribution is 0.212. The van der Waals surface area contributed by atoms with Crippen LogP contribution in [-0.4, -0.2) is 63.7 Å². The van der Waals surface area contributed by atoms with Gasteiger partial charge in [-0.2, -0.15) is 10.1 Å². The molecule has 1 fully saturated rings. The first-order chi connectivity index (χ1) is 13.2. The van der Waals surface area contributed by atoms with E-state index in [1.54, 1.807) is 0 Å². The number of aromatic nitrogens is 4. The fourth-order valence-electron chi connectivity index (χ4n) is 3.81. The van der Waals surface area contributed by atoms with Gasteiger partial charge in [-0.05, 0) is 55.0 Å². The Hall–Kier alpha value is -2.26. The highest BCUT2D eigenvalue weighted by atomic mass is 79.9. The number of rotatable bonds is 3. The molecule has 0 unspecified atom stereocenters. The standard InChI is InChI=1S/C18H21BrN8/c1-25-5-2-14(3-6-25)27-11-13(10-22-27)23-18-21-9-12-8-15(19)17-20-4-7-26(17)16(12)24-18/h8-11,14H,2-7H2,1H3,(H,21,23,24). The molecule has 5 heterocycles. The lowest BCUT2D eigenvalue weighted by Gasteiger charge is -2.28. The minimum atomic E-state index is 0.465. The SMILES string of the molecule is CN1CCC(n2cc(Nc3ncc4c(n3)N3CCN=C3C(Br)=C4)cn2)CC1. The topological polar surface area (TPSA) is 74.5 Å². The molecule has 3 aliphatic rings. The highest BCUT2D eigenvalue weighted by molar-refractivity contribution is 9.12. The van der Waals surface area contributed by atoms with Crippen molar-refractivity contribution in [3.8, 4) is 0 Å². The molecule has 0 aromatic carbocycles. The van der Waals surface area contributed by atoms with E-state index in [0.717, 1.165) is 66.4 Å². The molecular formula is C18H21BrN8. The summed E-state index contributed by atoms with van der Waals surface area (Å²) < 4.78 is 3.05. The predicted octanol–water partition coefficient (Wildman–Crippen LogP) is 2.65. The summed E-state index contributed by atoms with van der Waals surface area (Å²) in [7, 11) is 2.17. The highest BCUT2D eigenvalue weighted by Crippen LogP contribution is 2.33. The minimum absolute atomic E-state index is 0.465. The monoisotopic (exact) mass is 428 g/mol. The van der Waals surface area contributed by atoms with E-state index in [1.165, 1.54) is 0 Å². The molecule has 0 saturated carbocycles. The first-order valence-corrected chi connectivity index (χ1v) is 10.0. The molecule has 27 heavy (non-hydrogen) atoms. The summed E-state index contributed by atoms with van der Waals surface area (Å²) in [4.78, 5) is 18.2. The van der Waals surface area contributed by atoms with Gasteiger partial charge in [-0.15, -0.1) is 0 Å². The maximum absolute atomic E-state index is 4.73. The second-order valence-electron chi connectivity index (χ2n) is 7.19. The number of nitrogens with one attached hydrogen (secondary N) is 1. The lowest BCUT2D eigenvalue weighted by Crippen LogP contribution is -2.31. The molecule has 0 radical (unpaired) electrons. The van der Waals surface area contributed by atoms with Crippen LogP contribution < -0.4 is 10.2 Å². The van der Waals surface area contributed by atoms with Crippen LogP contribution in [0.15, 0.2) is 28.1 Å². The van der Waals surface area contributed by atoms with Crippen LogP contribution in [0.25, 0.3) is 6.08 Å². The van der Waals surface area contributed by atoms with Crippen LogP contribution in [0.5, 0.6) is 0 Å². The Morgan fingerprint density at radius 3 is 2.89 bits per heavy atom. The smallest absolute Gasteiger partial charge is 0.229 e. The van der Waals surface area contributed by atoms with Crippen molar-refractivity contribution in [1.82, 2.24) is 24.6 Å². The van der Waals surface area contributed by atoms with Crippen molar-refractivity contribution in [2.24, 2.45) is 4.99 Å². The summed E-state index contributed by atoms with van der Waals surface area (Å²) in [6.07, 6.45) is 10.0. The number of hydrogen-bond acceptors (Lipinski definition) is 7. The van der Waals surface area contributed by atoms with E-state index in [2.05, 4.69) is 64.0 Å². The molecule has 2 aromatic heterocycles. The van der Waals surface area contributed by atoms with Gasteiger partial charge in [0.15, 0.2) is 0 Å². The fourth-order valence-corrected chi connectivity index (χ4v) is 4.40. The molecule has 0 aliphatic carbocycles. The van der Waals surface area contributed by atoms with Crippen LogP contribution in [0, 0.1) is 0 Å². The van der Waals surface area contributed by atoms with E-state index >= 15 is 0 Å².